The Morgan fingerprint density at radius 3 is 2.68 bits per heavy atom. The van der Waals surface area contributed by atoms with Crippen LogP contribution in [0.1, 0.15) is 13.8 Å². The van der Waals surface area contributed by atoms with Gasteiger partial charge in [-0.2, -0.15) is 4.31 Å². The fourth-order valence-corrected chi connectivity index (χ4v) is 3.52. The summed E-state index contributed by atoms with van der Waals surface area (Å²) < 4.78 is 31.7. The molecule has 0 spiro atoms. The summed E-state index contributed by atoms with van der Waals surface area (Å²) >= 11 is 0. The second-order valence-electron chi connectivity index (χ2n) is 4.32. The van der Waals surface area contributed by atoms with Crippen LogP contribution in [0.5, 0.6) is 0 Å². The highest BCUT2D eigenvalue weighted by atomic mass is 32.2. The monoisotopic (exact) mass is 287 g/mol. The maximum atomic E-state index is 12.6. The molecule has 0 aliphatic carbocycles. The Labute approximate surface area is 114 Å². The van der Waals surface area contributed by atoms with E-state index in [-0.39, 0.29) is 10.9 Å². The summed E-state index contributed by atoms with van der Waals surface area (Å²) in [6.07, 6.45) is 2.92. The second kappa shape index (κ2) is 6.83. The van der Waals surface area contributed by atoms with Crippen molar-refractivity contribution < 1.29 is 13.2 Å². The molecule has 6 nitrogen and oxygen atoms in total. The number of methoxy groups -OCH3 is 1. The topological polar surface area (TPSA) is 71.5 Å². The van der Waals surface area contributed by atoms with Crippen LogP contribution >= 0.6 is 0 Å². The van der Waals surface area contributed by atoms with Crippen LogP contribution in [0.4, 0.5) is 5.69 Å². The molecule has 108 valence electrons. The van der Waals surface area contributed by atoms with Gasteiger partial charge in [-0.3, -0.25) is 4.98 Å². The first-order chi connectivity index (χ1) is 8.95. The Morgan fingerprint density at radius 2 is 2.16 bits per heavy atom. The van der Waals surface area contributed by atoms with Crippen LogP contribution in [-0.4, -0.2) is 51.1 Å². The summed E-state index contributed by atoms with van der Waals surface area (Å²) in [6, 6.07) is 1.49. The number of aromatic nitrogens is 1. The Balaban J connectivity index is 3.19. The predicted molar refractivity (Wildman–Crippen MR) is 74.7 cm³/mol. The van der Waals surface area contributed by atoms with Gasteiger partial charge in [0.15, 0.2) is 0 Å². The van der Waals surface area contributed by atoms with Crippen molar-refractivity contribution in [1.82, 2.24) is 9.29 Å². The van der Waals surface area contributed by atoms with E-state index in [0.717, 1.165) is 0 Å². The molecule has 1 heterocycles. The summed E-state index contributed by atoms with van der Waals surface area (Å²) in [6.45, 7) is 4.34. The van der Waals surface area contributed by atoms with Crippen LogP contribution in [0.3, 0.4) is 0 Å². The van der Waals surface area contributed by atoms with Gasteiger partial charge in [0.25, 0.3) is 0 Å². The Bertz CT molecular complexity index is 503. The van der Waals surface area contributed by atoms with Crippen molar-refractivity contribution in [2.75, 3.05) is 32.6 Å². The van der Waals surface area contributed by atoms with E-state index in [1.54, 1.807) is 26.4 Å². The van der Waals surface area contributed by atoms with Gasteiger partial charge in [-0.25, -0.2) is 8.42 Å². The quantitative estimate of drug-likeness (QED) is 0.815. The molecule has 0 saturated carbocycles. The van der Waals surface area contributed by atoms with Gasteiger partial charge >= 0.3 is 0 Å². The van der Waals surface area contributed by atoms with E-state index in [1.165, 1.54) is 10.5 Å². The molecule has 1 N–H and O–H groups in total. The number of hydrogen-bond acceptors (Lipinski definition) is 5. The van der Waals surface area contributed by atoms with Gasteiger partial charge in [-0.15, -0.1) is 0 Å². The first-order valence-electron chi connectivity index (χ1n) is 6.07. The molecule has 0 saturated heterocycles. The third-order valence-corrected chi connectivity index (χ3v) is 4.84. The van der Waals surface area contributed by atoms with E-state index >= 15 is 0 Å². The highest BCUT2D eigenvalue weighted by Gasteiger charge is 2.28. The standard InChI is InChI=1S/C12H21N3O3S/c1-10(2)15(7-8-18-4)19(16,17)12-9-14-6-5-11(12)13-3/h5-6,9-10H,7-8H2,1-4H3,(H,13,14). The number of nitrogens with zero attached hydrogens (tertiary/aromatic N) is 2. The number of nitrogens with one attached hydrogen (secondary N) is 1. The summed E-state index contributed by atoms with van der Waals surface area (Å²) in [5, 5.41) is 2.87. The van der Waals surface area contributed by atoms with Gasteiger partial charge in [0.1, 0.15) is 4.90 Å². The van der Waals surface area contributed by atoms with Gasteiger partial charge in [0.05, 0.1) is 12.3 Å². The Morgan fingerprint density at radius 1 is 1.47 bits per heavy atom. The highest BCUT2D eigenvalue weighted by molar-refractivity contribution is 7.89. The molecule has 0 aliphatic rings. The zero-order valence-corrected chi connectivity index (χ0v) is 12.6. The van der Waals surface area contributed by atoms with Crippen molar-refractivity contribution in [3.8, 4) is 0 Å². The lowest BCUT2D eigenvalue weighted by Gasteiger charge is -2.26. The molecular weight excluding hydrogens is 266 g/mol. The van der Waals surface area contributed by atoms with Gasteiger partial charge in [-0.05, 0) is 19.9 Å². The minimum Gasteiger partial charge on any atom is -0.387 e. The number of pyridine rings is 1. The first kappa shape index (κ1) is 15.9. The van der Waals surface area contributed by atoms with Crippen LogP contribution in [0.2, 0.25) is 0 Å². The van der Waals surface area contributed by atoms with E-state index in [1.807, 2.05) is 13.8 Å². The normalized spacial score (nSPS) is 12.1. The van der Waals surface area contributed by atoms with Crippen LogP contribution in [-0.2, 0) is 14.8 Å². The van der Waals surface area contributed by atoms with Crippen LogP contribution in [0.25, 0.3) is 0 Å². The predicted octanol–water partition coefficient (Wildman–Crippen LogP) is 1.17. The maximum absolute atomic E-state index is 12.6. The van der Waals surface area contributed by atoms with E-state index in [4.69, 9.17) is 4.74 Å². The molecule has 0 atom stereocenters. The average Bonchev–Trinajstić information content (AvgIpc) is 2.38. The molecule has 0 aromatic carbocycles. The SMILES string of the molecule is CNc1ccncc1S(=O)(=O)N(CCOC)C(C)C. The van der Waals surface area contributed by atoms with E-state index < -0.39 is 10.0 Å². The molecule has 0 unspecified atom stereocenters. The highest BCUT2D eigenvalue weighted by Crippen LogP contribution is 2.24. The van der Waals surface area contributed by atoms with Gasteiger partial charge in [-0.1, -0.05) is 0 Å². The number of ether oxygens (including phenoxy) is 1. The number of anilines is 1. The van der Waals surface area contributed by atoms with Crippen molar-refractivity contribution >= 4 is 15.7 Å². The smallest absolute Gasteiger partial charge is 0.246 e. The average molecular weight is 287 g/mol. The lowest BCUT2D eigenvalue weighted by molar-refractivity contribution is 0.171. The zero-order chi connectivity index (χ0) is 14.5. The molecule has 0 bridgehead atoms. The third kappa shape index (κ3) is 3.65. The summed E-state index contributed by atoms with van der Waals surface area (Å²) in [5.41, 5.74) is 0.540. The first-order valence-corrected chi connectivity index (χ1v) is 7.51. The van der Waals surface area contributed by atoms with Crippen molar-refractivity contribution in [1.29, 1.82) is 0 Å². The van der Waals surface area contributed by atoms with Crippen molar-refractivity contribution in [3.05, 3.63) is 18.5 Å². The molecule has 7 heteroatoms. The number of rotatable bonds is 7. The zero-order valence-electron chi connectivity index (χ0n) is 11.8. The molecule has 0 amide bonds. The lowest BCUT2D eigenvalue weighted by atomic mass is 10.4. The van der Waals surface area contributed by atoms with Crippen molar-refractivity contribution in [3.63, 3.8) is 0 Å². The van der Waals surface area contributed by atoms with Gasteiger partial charge < -0.3 is 10.1 Å². The second-order valence-corrected chi connectivity index (χ2v) is 6.18. The van der Waals surface area contributed by atoms with E-state index in [2.05, 4.69) is 10.3 Å². The lowest BCUT2D eigenvalue weighted by Crippen LogP contribution is -2.39. The number of sulfonamides is 1. The van der Waals surface area contributed by atoms with Gasteiger partial charge in [0.2, 0.25) is 10.0 Å². The minimum atomic E-state index is -3.59. The molecule has 1 aromatic rings. The Kier molecular flexibility index (Phi) is 5.71. The van der Waals surface area contributed by atoms with Crippen LogP contribution in [0.15, 0.2) is 23.4 Å². The molecule has 1 rings (SSSR count). The van der Waals surface area contributed by atoms with Crippen molar-refractivity contribution in [2.45, 2.75) is 24.8 Å². The van der Waals surface area contributed by atoms with Crippen LogP contribution < -0.4 is 5.32 Å². The molecule has 1 aromatic heterocycles. The summed E-state index contributed by atoms with van der Waals surface area (Å²) in [5.74, 6) is 0. The minimum absolute atomic E-state index is 0.148. The number of hydrogen-bond donors (Lipinski definition) is 1. The molecular formula is C12H21N3O3S. The van der Waals surface area contributed by atoms with Gasteiger partial charge in [0, 0.05) is 39.1 Å². The third-order valence-electron chi connectivity index (χ3n) is 2.73. The summed E-state index contributed by atoms with van der Waals surface area (Å²) in [7, 11) is -0.353. The Hall–Kier alpha value is -1.18. The fraction of sp³-hybridized carbons (Fsp3) is 0.583. The molecule has 0 fully saturated rings. The molecule has 0 radical (unpaired) electrons. The maximum Gasteiger partial charge on any atom is 0.246 e. The van der Waals surface area contributed by atoms with E-state index in [9.17, 15) is 8.42 Å². The fourth-order valence-electron chi connectivity index (χ4n) is 1.76. The van der Waals surface area contributed by atoms with Crippen LogP contribution in [0, 0.1) is 0 Å². The van der Waals surface area contributed by atoms with Crippen molar-refractivity contribution in [2.24, 2.45) is 0 Å². The molecule has 19 heavy (non-hydrogen) atoms. The molecule has 0 aliphatic heterocycles. The largest absolute Gasteiger partial charge is 0.387 e. The summed E-state index contributed by atoms with van der Waals surface area (Å²) in [4.78, 5) is 4.09. The van der Waals surface area contributed by atoms with E-state index in [0.29, 0.717) is 18.8 Å².